The van der Waals surface area contributed by atoms with E-state index in [0.717, 1.165) is 3.57 Å². The Morgan fingerprint density at radius 1 is 1.29 bits per heavy atom. The largest absolute Gasteiger partial charge is 0.389 e. The highest BCUT2D eigenvalue weighted by Crippen LogP contribution is 2.22. The zero-order valence-corrected chi connectivity index (χ0v) is 15.1. The Kier molecular flexibility index (Phi) is 5.28. The molecular weight excluding hydrogens is 470 g/mol. The van der Waals surface area contributed by atoms with Gasteiger partial charge in [-0.25, -0.2) is 4.39 Å². The van der Waals surface area contributed by atoms with E-state index in [0.29, 0.717) is 15.6 Å². The lowest BCUT2D eigenvalue weighted by molar-refractivity contribution is 0.102. The van der Waals surface area contributed by atoms with E-state index in [9.17, 15) is 9.18 Å². The minimum Gasteiger partial charge on any atom is -0.389 e. The summed E-state index contributed by atoms with van der Waals surface area (Å²) >= 11 is 10.2. The molecule has 0 heterocycles. The van der Waals surface area contributed by atoms with Crippen LogP contribution in [0.15, 0.2) is 40.9 Å². The van der Waals surface area contributed by atoms with E-state index in [1.807, 2.05) is 6.07 Å². The maximum atomic E-state index is 13.9. The summed E-state index contributed by atoms with van der Waals surface area (Å²) in [5, 5.41) is 2.53. The summed E-state index contributed by atoms with van der Waals surface area (Å²) in [5.74, 6) is -0.988. The molecule has 1 amide bonds. The van der Waals surface area contributed by atoms with Crippen LogP contribution in [0.3, 0.4) is 0 Å². The lowest BCUT2D eigenvalue weighted by Crippen LogP contribution is -2.15. The molecule has 0 atom stereocenters. The first-order valence-electron chi connectivity index (χ1n) is 5.74. The van der Waals surface area contributed by atoms with E-state index in [1.54, 1.807) is 18.2 Å². The van der Waals surface area contributed by atoms with Crippen LogP contribution in [0, 0.1) is 9.39 Å². The molecule has 2 rings (SSSR count). The topological polar surface area (TPSA) is 55.1 Å². The molecule has 21 heavy (non-hydrogen) atoms. The predicted octanol–water partition coefficient (Wildman–Crippen LogP) is 4.08. The van der Waals surface area contributed by atoms with Crippen LogP contribution in [-0.2, 0) is 0 Å². The fourth-order valence-corrected chi connectivity index (χ4v) is 2.68. The van der Waals surface area contributed by atoms with Crippen LogP contribution in [0.2, 0.25) is 0 Å². The Morgan fingerprint density at radius 2 is 2.00 bits per heavy atom. The number of thiocarbonyl (C=S) groups is 1. The van der Waals surface area contributed by atoms with Gasteiger partial charge in [0.05, 0.1) is 11.3 Å². The zero-order chi connectivity index (χ0) is 15.6. The van der Waals surface area contributed by atoms with Crippen molar-refractivity contribution in [2.24, 2.45) is 5.73 Å². The summed E-state index contributed by atoms with van der Waals surface area (Å²) in [6.45, 7) is 0. The second kappa shape index (κ2) is 6.80. The van der Waals surface area contributed by atoms with Gasteiger partial charge >= 0.3 is 0 Å². The van der Waals surface area contributed by atoms with E-state index >= 15 is 0 Å². The van der Waals surface area contributed by atoms with Crippen molar-refractivity contribution in [3.63, 3.8) is 0 Å². The highest BCUT2D eigenvalue weighted by Gasteiger charge is 2.13. The van der Waals surface area contributed by atoms with Gasteiger partial charge in [0.2, 0.25) is 0 Å². The molecule has 3 nitrogen and oxygen atoms in total. The first kappa shape index (κ1) is 16.3. The molecule has 0 radical (unpaired) electrons. The van der Waals surface area contributed by atoms with Gasteiger partial charge in [0.25, 0.3) is 5.91 Å². The van der Waals surface area contributed by atoms with Gasteiger partial charge in [0.1, 0.15) is 10.8 Å². The van der Waals surface area contributed by atoms with Crippen molar-refractivity contribution in [3.05, 3.63) is 61.4 Å². The molecule has 0 bridgehead atoms. The van der Waals surface area contributed by atoms with E-state index in [2.05, 4.69) is 43.8 Å². The van der Waals surface area contributed by atoms with Crippen molar-refractivity contribution in [1.29, 1.82) is 0 Å². The third-order valence-corrected chi connectivity index (χ3v) is 4.27. The number of anilines is 1. The maximum Gasteiger partial charge on any atom is 0.256 e. The van der Waals surface area contributed by atoms with Crippen molar-refractivity contribution in [2.75, 3.05) is 5.32 Å². The van der Waals surface area contributed by atoms with Gasteiger partial charge in [0, 0.05) is 13.6 Å². The Hall–Kier alpha value is -1.06. The Bertz CT molecular complexity index is 739. The van der Waals surface area contributed by atoms with Crippen LogP contribution in [0.5, 0.6) is 0 Å². The molecule has 108 valence electrons. The molecule has 2 aromatic carbocycles. The van der Waals surface area contributed by atoms with E-state index < -0.39 is 11.7 Å². The molecule has 3 N–H and O–H groups in total. The number of amides is 1. The van der Waals surface area contributed by atoms with Crippen LogP contribution in [0.4, 0.5) is 10.1 Å². The summed E-state index contributed by atoms with van der Waals surface area (Å²) in [4.78, 5) is 12.3. The highest BCUT2D eigenvalue weighted by molar-refractivity contribution is 14.1. The third kappa shape index (κ3) is 3.98. The maximum absolute atomic E-state index is 13.9. The van der Waals surface area contributed by atoms with Crippen molar-refractivity contribution in [3.8, 4) is 0 Å². The second-order valence-corrected chi connectivity index (χ2v) is 6.68. The summed E-state index contributed by atoms with van der Waals surface area (Å²) in [7, 11) is 0. The van der Waals surface area contributed by atoms with Gasteiger partial charge in [-0.2, -0.15) is 0 Å². The fourth-order valence-electron chi connectivity index (χ4n) is 1.63. The van der Waals surface area contributed by atoms with Gasteiger partial charge in [0.15, 0.2) is 0 Å². The molecule has 0 aliphatic rings. The summed E-state index contributed by atoms with van der Waals surface area (Å²) in [5.41, 5.74) is 6.35. The molecule has 0 aliphatic carbocycles. The van der Waals surface area contributed by atoms with Gasteiger partial charge in [-0.05, 0) is 74.9 Å². The highest BCUT2D eigenvalue weighted by atomic mass is 127. The quantitative estimate of drug-likeness (QED) is 0.516. The molecule has 2 aromatic rings. The lowest BCUT2D eigenvalue weighted by atomic mass is 10.1. The molecule has 0 aliphatic heterocycles. The Morgan fingerprint density at radius 3 is 2.62 bits per heavy atom. The van der Waals surface area contributed by atoms with Gasteiger partial charge in [-0.15, -0.1) is 0 Å². The summed E-state index contributed by atoms with van der Waals surface area (Å²) in [6.07, 6.45) is 0. The van der Waals surface area contributed by atoms with E-state index in [4.69, 9.17) is 18.0 Å². The number of carbonyl (C=O) groups is 1. The number of rotatable bonds is 3. The molecule has 0 saturated carbocycles. The molecule has 0 spiro atoms. The Balaban J connectivity index is 2.27. The number of benzene rings is 2. The molecule has 0 unspecified atom stereocenters. The van der Waals surface area contributed by atoms with Crippen LogP contribution >= 0.6 is 50.7 Å². The van der Waals surface area contributed by atoms with Crippen molar-refractivity contribution >= 4 is 67.3 Å². The number of nitrogens with two attached hydrogens (primary N) is 1. The second-order valence-electron chi connectivity index (χ2n) is 4.14. The van der Waals surface area contributed by atoms with Crippen molar-refractivity contribution in [2.45, 2.75) is 0 Å². The minimum absolute atomic E-state index is 0.0748. The number of halogens is 3. The monoisotopic (exact) mass is 478 g/mol. The van der Waals surface area contributed by atoms with Crippen LogP contribution in [-0.4, -0.2) is 10.9 Å². The number of hydrogen-bond acceptors (Lipinski definition) is 2. The SMILES string of the molecule is NC(=S)c1ccc(NC(=O)c2cc(I)ccc2Br)c(F)c1. The molecule has 0 fully saturated rings. The van der Waals surface area contributed by atoms with Crippen LogP contribution in [0.1, 0.15) is 15.9 Å². The average Bonchev–Trinajstić information content (AvgIpc) is 2.43. The van der Waals surface area contributed by atoms with E-state index in [1.165, 1.54) is 12.1 Å². The van der Waals surface area contributed by atoms with Crippen molar-refractivity contribution in [1.82, 2.24) is 0 Å². The van der Waals surface area contributed by atoms with Gasteiger partial charge in [-0.3, -0.25) is 4.79 Å². The number of carbonyl (C=O) groups excluding carboxylic acids is 1. The molecule has 7 heteroatoms. The molecule has 0 aromatic heterocycles. The minimum atomic E-state index is -0.588. The standard InChI is InChI=1S/C14H9BrFIN2OS/c15-10-3-2-8(17)6-9(10)14(20)19-12-4-1-7(13(18)21)5-11(12)16/h1-6H,(H2,18,21)(H,19,20). The zero-order valence-electron chi connectivity index (χ0n) is 10.5. The van der Waals surface area contributed by atoms with Crippen LogP contribution < -0.4 is 11.1 Å². The van der Waals surface area contributed by atoms with E-state index in [-0.39, 0.29) is 10.7 Å². The van der Waals surface area contributed by atoms with Gasteiger partial charge < -0.3 is 11.1 Å². The van der Waals surface area contributed by atoms with Crippen LogP contribution in [0.25, 0.3) is 0 Å². The number of nitrogens with one attached hydrogen (secondary N) is 1. The Labute approximate surface area is 148 Å². The average molecular weight is 479 g/mol. The fraction of sp³-hybridized carbons (Fsp3) is 0. The first-order chi connectivity index (χ1) is 9.88. The van der Waals surface area contributed by atoms with Crippen molar-refractivity contribution < 1.29 is 9.18 Å². The summed E-state index contributed by atoms with van der Waals surface area (Å²) in [6, 6.07) is 9.53. The predicted molar refractivity (Wildman–Crippen MR) is 97.1 cm³/mol. The summed E-state index contributed by atoms with van der Waals surface area (Å²) < 4.78 is 15.5. The first-order valence-corrected chi connectivity index (χ1v) is 8.02. The normalized spacial score (nSPS) is 10.2. The van der Waals surface area contributed by atoms with Gasteiger partial charge in [-0.1, -0.05) is 12.2 Å². The third-order valence-electron chi connectivity index (χ3n) is 2.67. The number of hydrogen-bond donors (Lipinski definition) is 2. The molecule has 0 saturated heterocycles. The lowest BCUT2D eigenvalue weighted by Gasteiger charge is -2.09. The smallest absolute Gasteiger partial charge is 0.256 e. The molecular formula is C14H9BrFIN2OS.